The van der Waals surface area contributed by atoms with E-state index in [1.54, 1.807) is 30.3 Å². The van der Waals surface area contributed by atoms with Crippen LogP contribution in [0, 0.1) is 0 Å². The fourth-order valence-corrected chi connectivity index (χ4v) is 2.50. The van der Waals surface area contributed by atoms with Crippen LogP contribution in [0.2, 0.25) is 0 Å². The quantitative estimate of drug-likeness (QED) is 0.343. The molecular formula is C13H17N3O5. The maximum atomic E-state index is 10.7. The van der Waals surface area contributed by atoms with Gasteiger partial charge in [-0.05, 0) is 11.1 Å². The maximum Gasteiger partial charge on any atom is 0.185 e. The number of rotatable bonds is 4. The van der Waals surface area contributed by atoms with Crippen LogP contribution < -0.4 is 0 Å². The Morgan fingerprint density at radius 3 is 2.52 bits per heavy atom. The summed E-state index contributed by atoms with van der Waals surface area (Å²) in [7, 11) is 0. The molecule has 1 aromatic carbocycles. The normalized spacial score (nSPS) is 36.0. The van der Waals surface area contributed by atoms with Crippen LogP contribution in [0.4, 0.5) is 0 Å². The topological polar surface area (TPSA) is 139 Å². The first-order valence-corrected chi connectivity index (χ1v) is 6.46. The van der Waals surface area contributed by atoms with E-state index in [2.05, 4.69) is 10.0 Å². The minimum Gasteiger partial charge on any atom is -0.394 e. The molecule has 1 aliphatic heterocycles. The molecule has 0 bridgehead atoms. The van der Waals surface area contributed by atoms with E-state index in [1.807, 2.05) is 0 Å². The lowest BCUT2D eigenvalue weighted by Gasteiger charge is -2.46. The largest absolute Gasteiger partial charge is 0.394 e. The Hall–Kier alpha value is -1.67. The molecule has 0 saturated carbocycles. The van der Waals surface area contributed by atoms with Gasteiger partial charge in [0, 0.05) is 11.3 Å². The minimum absolute atomic E-state index is 0.0755. The molecule has 1 aromatic rings. The minimum atomic E-state index is -1.99. The van der Waals surface area contributed by atoms with Crippen LogP contribution in [0.1, 0.15) is 5.56 Å². The number of ether oxygens (including phenoxy) is 1. The number of azide groups is 1. The van der Waals surface area contributed by atoms with Crippen molar-refractivity contribution in [2.45, 2.75) is 36.6 Å². The fraction of sp³-hybridized carbons (Fsp3) is 0.538. The van der Waals surface area contributed by atoms with Crippen LogP contribution in [0.25, 0.3) is 10.4 Å². The molecule has 0 spiro atoms. The van der Waals surface area contributed by atoms with E-state index in [9.17, 15) is 15.3 Å². The molecule has 0 aromatic heterocycles. The van der Waals surface area contributed by atoms with E-state index in [1.165, 1.54) is 0 Å². The second-order valence-corrected chi connectivity index (χ2v) is 5.00. The van der Waals surface area contributed by atoms with Crippen molar-refractivity contribution in [3.05, 3.63) is 46.3 Å². The van der Waals surface area contributed by atoms with Gasteiger partial charge in [0.25, 0.3) is 0 Å². The molecule has 4 N–H and O–H groups in total. The molecule has 0 unspecified atom stereocenters. The summed E-state index contributed by atoms with van der Waals surface area (Å²) in [6, 6.07) is 7.41. The van der Waals surface area contributed by atoms with Crippen molar-refractivity contribution >= 4 is 0 Å². The maximum absolute atomic E-state index is 10.7. The summed E-state index contributed by atoms with van der Waals surface area (Å²) >= 11 is 0. The summed E-state index contributed by atoms with van der Waals surface area (Å²) in [6.45, 7) is -0.572. The third kappa shape index (κ3) is 3.01. The van der Waals surface area contributed by atoms with Crippen molar-refractivity contribution in [1.29, 1.82) is 0 Å². The highest BCUT2D eigenvalue weighted by atomic mass is 16.6. The Bertz CT molecular complexity index is 522. The first kappa shape index (κ1) is 15.7. The fourth-order valence-electron chi connectivity index (χ4n) is 2.50. The Morgan fingerprint density at radius 2 is 1.95 bits per heavy atom. The second kappa shape index (κ2) is 6.40. The first-order valence-electron chi connectivity index (χ1n) is 6.46. The third-order valence-corrected chi connectivity index (χ3v) is 3.63. The van der Waals surface area contributed by atoms with Crippen molar-refractivity contribution in [3.63, 3.8) is 0 Å². The van der Waals surface area contributed by atoms with E-state index in [-0.39, 0.29) is 6.42 Å². The number of hydrogen-bond acceptors (Lipinski definition) is 6. The van der Waals surface area contributed by atoms with Gasteiger partial charge in [0.15, 0.2) is 6.29 Å². The Balaban J connectivity index is 2.35. The van der Waals surface area contributed by atoms with Crippen molar-refractivity contribution in [2.24, 2.45) is 5.11 Å². The van der Waals surface area contributed by atoms with Gasteiger partial charge in [0.05, 0.1) is 18.8 Å². The number of nitrogens with zero attached hydrogens (tertiary/aromatic N) is 3. The van der Waals surface area contributed by atoms with Crippen LogP contribution in [0.3, 0.4) is 0 Å². The van der Waals surface area contributed by atoms with Gasteiger partial charge >= 0.3 is 0 Å². The zero-order valence-electron chi connectivity index (χ0n) is 11.1. The Labute approximate surface area is 120 Å². The molecule has 21 heavy (non-hydrogen) atoms. The molecule has 0 aliphatic carbocycles. The van der Waals surface area contributed by atoms with Gasteiger partial charge in [-0.25, -0.2) is 0 Å². The summed E-state index contributed by atoms with van der Waals surface area (Å²) in [5, 5.41) is 43.3. The highest BCUT2D eigenvalue weighted by molar-refractivity contribution is 5.20. The van der Waals surface area contributed by atoms with Crippen molar-refractivity contribution < 1.29 is 25.2 Å². The summed E-state index contributed by atoms with van der Waals surface area (Å²) in [5.41, 5.74) is 7.32. The Morgan fingerprint density at radius 1 is 1.29 bits per heavy atom. The summed E-state index contributed by atoms with van der Waals surface area (Å²) in [5.74, 6) is 0. The van der Waals surface area contributed by atoms with E-state index in [4.69, 9.17) is 15.4 Å². The number of hydrogen-bond donors (Lipinski definition) is 4. The van der Waals surface area contributed by atoms with Crippen LogP contribution in [-0.2, 0) is 11.2 Å². The number of benzene rings is 1. The van der Waals surface area contributed by atoms with Crippen LogP contribution in [0.5, 0.6) is 0 Å². The predicted molar refractivity (Wildman–Crippen MR) is 72.0 cm³/mol. The molecule has 1 saturated heterocycles. The number of aliphatic hydroxyl groups is 4. The predicted octanol–water partition coefficient (Wildman–Crippen LogP) is -0.291. The molecule has 0 amide bonds. The average molecular weight is 295 g/mol. The van der Waals surface area contributed by atoms with Gasteiger partial charge in [-0.3, -0.25) is 0 Å². The summed E-state index contributed by atoms with van der Waals surface area (Å²) in [6.07, 6.45) is -4.34. The molecule has 5 atom stereocenters. The molecule has 1 aliphatic rings. The van der Waals surface area contributed by atoms with Crippen molar-refractivity contribution in [3.8, 4) is 0 Å². The van der Waals surface area contributed by atoms with Crippen LogP contribution >= 0.6 is 0 Å². The van der Waals surface area contributed by atoms with Gasteiger partial charge in [-0.2, -0.15) is 0 Å². The van der Waals surface area contributed by atoms with Gasteiger partial charge in [-0.15, -0.1) is 0 Å². The highest BCUT2D eigenvalue weighted by Gasteiger charge is 2.54. The first-order chi connectivity index (χ1) is 10.0. The van der Waals surface area contributed by atoms with Gasteiger partial charge in [-0.1, -0.05) is 35.4 Å². The highest BCUT2D eigenvalue weighted by Crippen LogP contribution is 2.34. The molecule has 2 rings (SSSR count). The summed E-state index contributed by atoms with van der Waals surface area (Å²) < 4.78 is 5.03. The van der Waals surface area contributed by atoms with E-state index in [0.29, 0.717) is 5.56 Å². The third-order valence-electron chi connectivity index (χ3n) is 3.63. The van der Waals surface area contributed by atoms with E-state index in [0.717, 1.165) is 0 Å². The lowest BCUT2D eigenvalue weighted by atomic mass is 9.80. The molecule has 114 valence electrons. The monoisotopic (exact) mass is 295 g/mol. The van der Waals surface area contributed by atoms with Crippen molar-refractivity contribution in [1.82, 2.24) is 0 Å². The summed E-state index contributed by atoms with van der Waals surface area (Å²) in [4.78, 5) is 2.61. The second-order valence-electron chi connectivity index (χ2n) is 5.00. The van der Waals surface area contributed by atoms with Crippen molar-refractivity contribution in [2.75, 3.05) is 6.61 Å². The standard InChI is InChI=1S/C13H17N3O5/c14-16-15-11-10(18)9(7-17)21-12(19)13(11,20)6-8-4-2-1-3-5-8/h1-5,9-12,17-20H,6-7H2/t9-,10-,11-,12+,13-/m1/s1. The van der Waals surface area contributed by atoms with Gasteiger partial charge in [0.2, 0.25) is 0 Å². The van der Waals surface area contributed by atoms with E-state index < -0.39 is 36.7 Å². The average Bonchev–Trinajstić information content (AvgIpc) is 2.49. The molecule has 1 fully saturated rings. The van der Waals surface area contributed by atoms with Gasteiger partial charge < -0.3 is 25.2 Å². The van der Waals surface area contributed by atoms with Crippen LogP contribution in [-0.4, -0.2) is 57.2 Å². The molecule has 0 radical (unpaired) electrons. The Kier molecular flexibility index (Phi) is 4.79. The van der Waals surface area contributed by atoms with Gasteiger partial charge in [0.1, 0.15) is 11.7 Å². The molecule has 1 heterocycles. The zero-order chi connectivity index (χ0) is 15.5. The molecule has 8 nitrogen and oxygen atoms in total. The molecular weight excluding hydrogens is 278 g/mol. The van der Waals surface area contributed by atoms with Crippen LogP contribution in [0.15, 0.2) is 35.4 Å². The lowest BCUT2D eigenvalue weighted by Crippen LogP contribution is -2.66. The number of aliphatic hydroxyl groups excluding tert-OH is 3. The lowest BCUT2D eigenvalue weighted by molar-refractivity contribution is -0.299. The SMILES string of the molecule is [N-]=[N+]=N[C@@H]1[C@H](O)[C@@H](CO)O[C@H](O)[C@@]1(O)Cc1ccccc1. The van der Waals surface area contributed by atoms with E-state index >= 15 is 0 Å². The zero-order valence-corrected chi connectivity index (χ0v) is 11.1. The smallest absolute Gasteiger partial charge is 0.185 e. The molecule has 8 heteroatoms.